The number of hydrogen-bond acceptors (Lipinski definition) is 2. The summed E-state index contributed by atoms with van der Waals surface area (Å²) in [5.41, 5.74) is 0. The topological polar surface area (TPSA) is 18.5 Å². The van der Waals surface area contributed by atoms with Crippen molar-refractivity contribution in [2.24, 2.45) is 0 Å². The molecule has 3 heteroatoms. The quantitative estimate of drug-likeness (QED) is 0.736. The average Bonchev–Trinajstić information content (AvgIpc) is 2.41. The maximum atomic E-state index is 5.76. The summed E-state index contributed by atoms with van der Waals surface area (Å²) in [5, 5.41) is 2.39. The van der Waals surface area contributed by atoms with Crippen molar-refractivity contribution >= 4 is 26.7 Å². The predicted octanol–water partition coefficient (Wildman–Crippen LogP) is 4.41. The number of rotatable bonds is 6. The van der Waals surface area contributed by atoms with Crippen molar-refractivity contribution in [3.63, 3.8) is 0 Å². The van der Waals surface area contributed by atoms with Gasteiger partial charge in [0.2, 0.25) is 0 Å². The molecular weight excluding hydrogens is 292 g/mol. The van der Waals surface area contributed by atoms with E-state index in [9.17, 15) is 0 Å². The van der Waals surface area contributed by atoms with Crippen LogP contribution in [0.4, 0.5) is 0 Å². The van der Waals surface area contributed by atoms with Gasteiger partial charge in [-0.1, -0.05) is 30.3 Å². The number of halogens is 1. The normalized spacial score (nSPS) is 10.8. The molecule has 0 saturated heterocycles. The summed E-state index contributed by atoms with van der Waals surface area (Å²) >= 11 is 3.61. The van der Waals surface area contributed by atoms with E-state index in [0.717, 1.165) is 29.9 Å². The van der Waals surface area contributed by atoms with Gasteiger partial charge in [0.25, 0.3) is 0 Å². The van der Waals surface area contributed by atoms with Crippen molar-refractivity contribution in [1.82, 2.24) is 0 Å². The molecule has 0 saturated carbocycles. The first kappa shape index (κ1) is 13.4. The number of benzene rings is 2. The maximum absolute atomic E-state index is 5.76. The van der Waals surface area contributed by atoms with Gasteiger partial charge < -0.3 is 9.47 Å². The van der Waals surface area contributed by atoms with Gasteiger partial charge >= 0.3 is 0 Å². The fraction of sp³-hybridized carbons (Fsp3) is 0.333. The standard InChI is InChI=1S/C15H17BrO2/c1-2-17-10-5-11-18-14-9-8-12-6-3-4-7-13(12)15(14)16/h3-4,6-9H,2,5,10-11H2,1H3. The van der Waals surface area contributed by atoms with Gasteiger partial charge in [-0.25, -0.2) is 0 Å². The van der Waals surface area contributed by atoms with Crippen LogP contribution >= 0.6 is 15.9 Å². The lowest BCUT2D eigenvalue weighted by Crippen LogP contribution is -2.03. The third-order valence-corrected chi connectivity index (χ3v) is 3.54. The fourth-order valence-electron chi connectivity index (χ4n) is 1.81. The van der Waals surface area contributed by atoms with E-state index in [1.54, 1.807) is 0 Å². The highest BCUT2D eigenvalue weighted by Crippen LogP contribution is 2.32. The molecule has 2 nitrogen and oxygen atoms in total. The summed E-state index contributed by atoms with van der Waals surface area (Å²) in [7, 11) is 0. The molecule has 96 valence electrons. The van der Waals surface area contributed by atoms with Crippen LogP contribution in [0.15, 0.2) is 40.9 Å². The number of fused-ring (bicyclic) bond motifs is 1. The van der Waals surface area contributed by atoms with E-state index < -0.39 is 0 Å². The van der Waals surface area contributed by atoms with Gasteiger partial charge in [-0.3, -0.25) is 0 Å². The van der Waals surface area contributed by atoms with Crippen molar-refractivity contribution in [2.45, 2.75) is 13.3 Å². The molecule has 0 heterocycles. The Morgan fingerprint density at radius 1 is 1.06 bits per heavy atom. The Kier molecular flexibility index (Phi) is 5.02. The van der Waals surface area contributed by atoms with Gasteiger partial charge in [-0.2, -0.15) is 0 Å². The van der Waals surface area contributed by atoms with Crippen LogP contribution in [-0.4, -0.2) is 19.8 Å². The van der Waals surface area contributed by atoms with E-state index in [-0.39, 0.29) is 0 Å². The molecule has 0 radical (unpaired) electrons. The Hall–Kier alpha value is -1.06. The van der Waals surface area contributed by atoms with E-state index in [4.69, 9.17) is 9.47 Å². The van der Waals surface area contributed by atoms with E-state index >= 15 is 0 Å². The van der Waals surface area contributed by atoms with Crippen LogP contribution in [-0.2, 0) is 4.74 Å². The van der Waals surface area contributed by atoms with Crippen molar-refractivity contribution in [3.8, 4) is 5.75 Å². The second kappa shape index (κ2) is 6.76. The molecule has 0 amide bonds. The van der Waals surface area contributed by atoms with Crippen LogP contribution in [0.3, 0.4) is 0 Å². The lowest BCUT2D eigenvalue weighted by Gasteiger charge is -2.10. The molecule has 0 atom stereocenters. The van der Waals surface area contributed by atoms with Gasteiger partial charge in [-0.15, -0.1) is 0 Å². The summed E-state index contributed by atoms with van der Waals surface area (Å²) < 4.78 is 12.1. The summed E-state index contributed by atoms with van der Waals surface area (Å²) in [6.07, 6.45) is 0.910. The molecule has 2 aromatic carbocycles. The van der Waals surface area contributed by atoms with Crippen molar-refractivity contribution in [2.75, 3.05) is 19.8 Å². The highest BCUT2D eigenvalue weighted by Gasteiger charge is 2.05. The third kappa shape index (κ3) is 3.24. The Balaban J connectivity index is 2.03. The number of ether oxygens (including phenoxy) is 2. The molecule has 0 bridgehead atoms. The molecule has 0 aliphatic carbocycles. The summed E-state index contributed by atoms with van der Waals surface area (Å²) in [6, 6.07) is 12.3. The molecule has 2 aromatic rings. The van der Waals surface area contributed by atoms with Gasteiger partial charge in [0.1, 0.15) is 5.75 Å². The molecule has 0 fully saturated rings. The van der Waals surface area contributed by atoms with Crippen LogP contribution in [0.2, 0.25) is 0 Å². The molecule has 0 aliphatic rings. The van der Waals surface area contributed by atoms with Gasteiger partial charge in [-0.05, 0) is 39.7 Å². The highest BCUT2D eigenvalue weighted by atomic mass is 79.9. The van der Waals surface area contributed by atoms with Crippen LogP contribution < -0.4 is 4.74 Å². The van der Waals surface area contributed by atoms with E-state index in [1.165, 1.54) is 10.8 Å². The van der Waals surface area contributed by atoms with Gasteiger partial charge in [0.15, 0.2) is 0 Å². The molecule has 0 aromatic heterocycles. The van der Waals surface area contributed by atoms with Crippen LogP contribution in [0.1, 0.15) is 13.3 Å². The van der Waals surface area contributed by atoms with Crippen LogP contribution in [0, 0.1) is 0 Å². The highest BCUT2D eigenvalue weighted by molar-refractivity contribution is 9.10. The summed E-state index contributed by atoms with van der Waals surface area (Å²) in [5.74, 6) is 0.894. The minimum Gasteiger partial charge on any atom is -0.492 e. The first-order chi connectivity index (χ1) is 8.83. The third-order valence-electron chi connectivity index (χ3n) is 2.72. The molecule has 2 rings (SSSR count). The summed E-state index contributed by atoms with van der Waals surface area (Å²) in [4.78, 5) is 0. The lowest BCUT2D eigenvalue weighted by atomic mass is 10.1. The van der Waals surface area contributed by atoms with Crippen LogP contribution in [0.25, 0.3) is 10.8 Å². The Labute approximate surface area is 116 Å². The predicted molar refractivity (Wildman–Crippen MR) is 78.3 cm³/mol. The van der Waals surface area contributed by atoms with Crippen LogP contribution in [0.5, 0.6) is 5.75 Å². The maximum Gasteiger partial charge on any atom is 0.134 e. The molecule has 0 unspecified atom stereocenters. The van der Waals surface area contributed by atoms with E-state index in [0.29, 0.717) is 6.61 Å². The molecule has 0 aliphatic heterocycles. The minimum absolute atomic E-state index is 0.678. The lowest BCUT2D eigenvalue weighted by molar-refractivity contribution is 0.130. The molecule has 18 heavy (non-hydrogen) atoms. The first-order valence-corrected chi connectivity index (χ1v) is 7.00. The zero-order chi connectivity index (χ0) is 12.8. The molecule has 0 spiro atoms. The SMILES string of the molecule is CCOCCCOc1ccc2ccccc2c1Br. The molecular formula is C15H17BrO2. The summed E-state index contributed by atoms with van der Waals surface area (Å²) in [6.45, 7) is 4.19. The van der Waals surface area contributed by atoms with Gasteiger partial charge in [0.05, 0.1) is 11.1 Å². The zero-order valence-corrected chi connectivity index (χ0v) is 12.1. The average molecular weight is 309 g/mol. The Morgan fingerprint density at radius 2 is 1.89 bits per heavy atom. The van der Waals surface area contributed by atoms with Crippen molar-refractivity contribution < 1.29 is 9.47 Å². The monoisotopic (exact) mass is 308 g/mol. The Bertz CT molecular complexity index is 511. The number of hydrogen-bond donors (Lipinski definition) is 0. The fourth-order valence-corrected chi connectivity index (χ4v) is 2.42. The smallest absolute Gasteiger partial charge is 0.134 e. The Morgan fingerprint density at radius 3 is 2.72 bits per heavy atom. The largest absolute Gasteiger partial charge is 0.492 e. The minimum atomic E-state index is 0.678. The second-order valence-electron chi connectivity index (χ2n) is 4.00. The molecule has 0 N–H and O–H groups in total. The first-order valence-electron chi connectivity index (χ1n) is 6.20. The second-order valence-corrected chi connectivity index (χ2v) is 4.79. The van der Waals surface area contributed by atoms with Crippen molar-refractivity contribution in [1.29, 1.82) is 0 Å². The van der Waals surface area contributed by atoms with Gasteiger partial charge in [0, 0.05) is 19.6 Å². The van der Waals surface area contributed by atoms with E-state index in [2.05, 4.69) is 34.1 Å². The zero-order valence-electron chi connectivity index (χ0n) is 10.5. The van der Waals surface area contributed by atoms with E-state index in [1.807, 2.05) is 25.1 Å². The van der Waals surface area contributed by atoms with Crippen molar-refractivity contribution in [3.05, 3.63) is 40.9 Å².